The fourth-order valence-corrected chi connectivity index (χ4v) is 5.10. The lowest BCUT2D eigenvalue weighted by molar-refractivity contribution is 0.106. The van der Waals surface area contributed by atoms with Crippen molar-refractivity contribution in [3.63, 3.8) is 0 Å². The molecule has 6 heteroatoms. The van der Waals surface area contributed by atoms with Gasteiger partial charge in [0.15, 0.2) is 0 Å². The van der Waals surface area contributed by atoms with Gasteiger partial charge in [0.2, 0.25) is 5.09 Å². The molecule has 1 aromatic heterocycles. The number of nitrogens with one attached hydrogen (secondary N) is 1. The largest absolute Gasteiger partial charge is 0.447 e. The normalized spacial score (nSPS) is 34.5. The van der Waals surface area contributed by atoms with Crippen LogP contribution in [0.25, 0.3) is 0 Å². The van der Waals surface area contributed by atoms with Crippen LogP contribution in [0.3, 0.4) is 0 Å². The highest BCUT2D eigenvalue weighted by Crippen LogP contribution is 2.62. The molecule has 0 saturated heterocycles. The molecule has 2 aliphatic carbocycles. The van der Waals surface area contributed by atoms with E-state index in [4.69, 9.17) is 9.56 Å². The Bertz CT molecular complexity index is 645. The van der Waals surface area contributed by atoms with E-state index in [-0.39, 0.29) is 10.5 Å². The third-order valence-corrected chi connectivity index (χ3v) is 6.45. The number of sulfonamides is 1. The van der Waals surface area contributed by atoms with Gasteiger partial charge in [-0.05, 0) is 48.1 Å². The number of hydrogen-bond acceptors (Lipinski definition) is 4. The van der Waals surface area contributed by atoms with Gasteiger partial charge in [0, 0.05) is 6.04 Å². The van der Waals surface area contributed by atoms with Crippen LogP contribution in [-0.4, -0.2) is 14.5 Å². The average molecular weight is 312 g/mol. The van der Waals surface area contributed by atoms with Crippen LogP contribution in [-0.2, 0) is 16.6 Å². The molecule has 3 N–H and O–H groups in total. The maximum absolute atomic E-state index is 11.2. The first-order valence-corrected chi connectivity index (χ1v) is 9.02. The van der Waals surface area contributed by atoms with Gasteiger partial charge < -0.3 is 9.73 Å². The number of nitrogens with two attached hydrogens (primary N) is 1. The van der Waals surface area contributed by atoms with Crippen molar-refractivity contribution < 1.29 is 12.8 Å². The van der Waals surface area contributed by atoms with E-state index in [1.165, 1.54) is 25.3 Å². The van der Waals surface area contributed by atoms with Crippen molar-refractivity contribution in [2.24, 2.45) is 21.9 Å². The van der Waals surface area contributed by atoms with E-state index < -0.39 is 10.0 Å². The Morgan fingerprint density at radius 1 is 1.38 bits per heavy atom. The predicted molar refractivity (Wildman–Crippen MR) is 79.9 cm³/mol. The third-order valence-electron chi connectivity index (χ3n) is 5.67. The first-order valence-electron chi connectivity index (χ1n) is 7.48. The smallest absolute Gasteiger partial charge is 0.271 e. The zero-order chi connectivity index (χ0) is 15.5. The summed E-state index contributed by atoms with van der Waals surface area (Å²) in [4.78, 5) is 0. The van der Waals surface area contributed by atoms with Crippen LogP contribution in [0.4, 0.5) is 0 Å². The Balaban J connectivity index is 1.72. The second-order valence-corrected chi connectivity index (χ2v) is 8.99. The third kappa shape index (κ3) is 2.43. The maximum Gasteiger partial charge on any atom is 0.271 e. The van der Waals surface area contributed by atoms with Gasteiger partial charge in [-0.3, -0.25) is 0 Å². The summed E-state index contributed by atoms with van der Waals surface area (Å²) in [6.07, 6.45) is 3.86. The summed E-state index contributed by atoms with van der Waals surface area (Å²) in [5.74, 6) is 1.39. The SMILES string of the molecule is CC12CCC(C1)C(C)(C)C2NCc1ccc(S(N)(=O)=O)o1. The van der Waals surface area contributed by atoms with E-state index >= 15 is 0 Å². The lowest BCUT2D eigenvalue weighted by Gasteiger charge is -2.43. The molecule has 2 aliphatic rings. The summed E-state index contributed by atoms with van der Waals surface area (Å²) in [5.41, 5.74) is 0.603. The number of hydrogen-bond donors (Lipinski definition) is 2. The summed E-state index contributed by atoms with van der Waals surface area (Å²) in [6, 6.07) is 3.52. The standard InChI is InChI=1S/C15H24N2O3S/c1-14(2)10-6-7-15(3,8-10)13(14)17-9-11-4-5-12(20-11)21(16,18)19/h4-5,10,13,17H,6-9H2,1-3H3,(H2,16,18,19). The molecule has 0 amide bonds. The Labute approximate surface area is 126 Å². The monoisotopic (exact) mass is 312 g/mol. The molecule has 5 nitrogen and oxygen atoms in total. The molecule has 0 radical (unpaired) electrons. The summed E-state index contributed by atoms with van der Waals surface area (Å²) >= 11 is 0. The summed E-state index contributed by atoms with van der Waals surface area (Å²) in [7, 11) is -3.76. The predicted octanol–water partition coefficient (Wildman–Crippen LogP) is 2.23. The molecule has 1 aromatic rings. The van der Waals surface area contributed by atoms with Crippen LogP contribution in [0.2, 0.25) is 0 Å². The van der Waals surface area contributed by atoms with Crippen molar-refractivity contribution in [2.45, 2.75) is 57.7 Å². The summed E-state index contributed by atoms with van der Waals surface area (Å²) in [5, 5.41) is 8.49. The van der Waals surface area contributed by atoms with E-state index in [0.29, 0.717) is 23.8 Å². The fourth-order valence-electron chi connectivity index (χ4n) is 4.62. The number of furan rings is 1. The topological polar surface area (TPSA) is 85.3 Å². The molecule has 0 aromatic carbocycles. The minimum atomic E-state index is -3.76. The number of rotatable bonds is 4. The van der Waals surface area contributed by atoms with E-state index in [0.717, 1.165) is 5.92 Å². The molecular formula is C15H24N2O3S. The van der Waals surface area contributed by atoms with Crippen molar-refractivity contribution in [1.29, 1.82) is 0 Å². The molecular weight excluding hydrogens is 288 g/mol. The Hall–Kier alpha value is -0.850. The first-order chi connectivity index (χ1) is 9.63. The summed E-state index contributed by atoms with van der Waals surface area (Å²) in [6.45, 7) is 7.55. The van der Waals surface area contributed by atoms with Gasteiger partial charge in [0.25, 0.3) is 10.0 Å². The van der Waals surface area contributed by atoms with Gasteiger partial charge in [-0.2, -0.15) is 0 Å². The first kappa shape index (κ1) is 15.1. The van der Waals surface area contributed by atoms with Gasteiger partial charge in [-0.1, -0.05) is 20.8 Å². The zero-order valence-corrected chi connectivity index (χ0v) is 13.7. The molecule has 0 spiro atoms. The molecule has 0 aliphatic heterocycles. The van der Waals surface area contributed by atoms with Crippen molar-refractivity contribution in [1.82, 2.24) is 5.32 Å². The highest BCUT2D eigenvalue weighted by atomic mass is 32.2. The second-order valence-electron chi connectivity index (χ2n) is 7.49. The molecule has 118 valence electrons. The number of fused-ring (bicyclic) bond motifs is 2. The molecule has 21 heavy (non-hydrogen) atoms. The van der Waals surface area contributed by atoms with E-state index in [9.17, 15) is 8.42 Å². The zero-order valence-electron chi connectivity index (χ0n) is 12.8. The van der Waals surface area contributed by atoms with Crippen LogP contribution >= 0.6 is 0 Å². The maximum atomic E-state index is 11.2. The van der Waals surface area contributed by atoms with Gasteiger partial charge in [-0.25, -0.2) is 13.6 Å². The van der Waals surface area contributed by atoms with Crippen LogP contribution in [0.15, 0.2) is 21.6 Å². The van der Waals surface area contributed by atoms with Crippen molar-refractivity contribution in [3.05, 3.63) is 17.9 Å². The Kier molecular flexibility index (Phi) is 3.28. The highest BCUT2D eigenvalue weighted by molar-refractivity contribution is 7.89. The van der Waals surface area contributed by atoms with Crippen LogP contribution < -0.4 is 10.5 Å². The van der Waals surface area contributed by atoms with Crippen molar-refractivity contribution in [3.8, 4) is 0 Å². The quantitative estimate of drug-likeness (QED) is 0.893. The second kappa shape index (κ2) is 4.57. The van der Waals surface area contributed by atoms with Crippen LogP contribution in [0.5, 0.6) is 0 Å². The molecule has 2 saturated carbocycles. The van der Waals surface area contributed by atoms with Crippen molar-refractivity contribution in [2.75, 3.05) is 0 Å². The van der Waals surface area contributed by atoms with Gasteiger partial charge in [0.05, 0.1) is 6.54 Å². The lowest BCUT2D eigenvalue weighted by atomic mass is 9.68. The van der Waals surface area contributed by atoms with Crippen LogP contribution in [0.1, 0.15) is 45.8 Å². The lowest BCUT2D eigenvalue weighted by Crippen LogP contribution is -2.49. The number of primary sulfonamides is 1. The van der Waals surface area contributed by atoms with Gasteiger partial charge in [0.1, 0.15) is 5.76 Å². The molecule has 2 bridgehead atoms. The fraction of sp³-hybridized carbons (Fsp3) is 0.733. The van der Waals surface area contributed by atoms with Gasteiger partial charge >= 0.3 is 0 Å². The minimum Gasteiger partial charge on any atom is -0.447 e. The molecule has 3 rings (SSSR count). The van der Waals surface area contributed by atoms with Crippen molar-refractivity contribution >= 4 is 10.0 Å². The summed E-state index contributed by atoms with van der Waals surface area (Å²) < 4.78 is 27.8. The van der Waals surface area contributed by atoms with Gasteiger partial charge in [-0.15, -0.1) is 0 Å². The van der Waals surface area contributed by atoms with E-state index in [1.807, 2.05) is 0 Å². The highest BCUT2D eigenvalue weighted by Gasteiger charge is 2.58. The van der Waals surface area contributed by atoms with E-state index in [2.05, 4.69) is 26.1 Å². The van der Waals surface area contributed by atoms with Crippen LogP contribution in [0, 0.1) is 16.7 Å². The Morgan fingerprint density at radius 2 is 2.10 bits per heavy atom. The van der Waals surface area contributed by atoms with E-state index in [1.54, 1.807) is 6.07 Å². The average Bonchev–Trinajstić information content (AvgIpc) is 2.98. The minimum absolute atomic E-state index is 0.169. The molecule has 2 fully saturated rings. The molecule has 1 heterocycles. The Morgan fingerprint density at radius 3 is 2.62 bits per heavy atom. The molecule has 3 unspecified atom stereocenters. The molecule has 3 atom stereocenters.